The van der Waals surface area contributed by atoms with E-state index in [1.54, 1.807) is 4.31 Å². The number of ether oxygens (including phenoxy) is 1. The zero-order valence-corrected chi connectivity index (χ0v) is 15.6. The second kappa shape index (κ2) is 7.39. The van der Waals surface area contributed by atoms with Crippen molar-refractivity contribution in [2.75, 3.05) is 32.0 Å². The standard InChI is InChI=1S/C20H24N2O3S/c23-26(24,13-12-25-20-8-2-1-3-9-20)22-15-19(16-22)21-11-10-17-6-4-5-7-18(17)14-21/h1-9,19H,10-16H2. The molecule has 0 spiro atoms. The van der Waals surface area contributed by atoms with Crippen LogP contribution in [0.3, 0.4) is 0 Å². The Hall–Kier alpha value is -1.89. The van der Waals surface area contributed by atoms with Crippen molar-refractivity contribution in [3.8, 4) is 5.75 Å². The molecular formula is C20H24N2O3S. The van der Waals surface area contributed by atoms with Crippen molar-refractivity contribution in [2.24, 2.45) is 0 Å². The first-order valence-electron chi connectivity index (χ1n) is 9.08. The van der Waals surface area contributed by atoms with Crippen molar-refractivity contribution in [1.82, 2.24) is 9.21 Å². The van der Waals surface area contributed by atoms with Gasteiger partial charge in [0.1, 0.15) is 12.4 Å². The Balaban J connectivity index is 1.26. The molecular weight excluding hydrogens is 348 g/mol. The normalized spacial score (nSPS) is 18.9. The lowest BCUT2D eigenvalue weighted by molar-refractivity contribution is 0.0767. The molecule has 2 heterocycles. The number of benzene rings is 2. The molecule has 5 nitrogen and oxygen atoms in total. The van der Waals surface area contributed by atoms with Gasteiger partial charge in [0.05, 0.1) is 5.75 Å². The first-order valence-corrected chi connectivity index (χ1v) is 10.7. The predicted molar refractivity (Wildman–Crippen MR) is 102 cm³/mol. The molecule has 0 amide bonds. The minimum absolute atomic E-state index is 0.0252. The monoisotopic (exact) mass is 372 g/mol. The average molecular weight is 372 g/mol. The van der Waals surface area contributed by atoms with Gasteiger partial charge in [-0.1, -0.05) is 42.5 Å². The Morgan fingerprint density at radius 2 is 1.65 bits per heavy atom. The van der Waals surface area contributed by atoms with Gasteiger partial charge in [-0.3, -0.25) is 4.90 Å². The number of rotatable bonds is 6. The number of hydrogen-bond donors (Lipinski definition) is 0. The molecule has 1 fully saturated rings. The predicted octanol–water partition coefficient (Wildman–Crippen LogP) is 2.14. The number of sulfonamides is 1. The summed E-state index contributed by atoms with van der Waals surface area (Å²) in [6.07, 6.45) is 1.05. The van der Waals surface area contributed by atoms with Gasteiger partial charge >= 0.3 is 0 Å². The van der Waals surface area contributed by atoms with Crippen LogP contribution in [-0.4, -0.2) is 55.7 Å². The van der Waals surface area contributed by atoms with Crippen LogP contribution in [0.2, 0.25) is 0 Å². The number of para-hydroxylation sites is 1. The maximum Gasteiger partial charge on any atom is 0.217 e. The van der Waals surface area contributed by atoms with Gasteiger partial charge in [0.15, 0.2) is 0 Å². The Morgan fingerprint density at radius 3 is 2.42 bits per heavy atom. The molecule has 0 bridgehead atoms. The highest BCUT2D eigenvalue weighted by molar-refractivity contribution is 7.89. The quantitative estimate of drug-likeness (QED) is 0.780. The fourth-order valence-corrected chi connectivity index (χ4v) is 4.97. The van der Waals surface area contributed by atoms with Crippen molar-refractivity contribution >= 4 is 10.0 Å². The third kappa shape index (κ3) is 3.77. The third-order valence-corrected chi connectivity index (χ3v) is 7.02. The van der Waals surface area contributed by atoms with Crippen LogP contribution in [0.15, 0.2) is 54.6 Å². The summed E-state index contributed by atoms with van der Waals surface area (Å²) in [6, 6.07) is 18.2. The molecule has 0 N–H and O–H groups in total. The zero-order chi connectivity index (χ0) is 18.0. The summed E-state index contributed by atoms with van der Waals surface area (Å²) in [5.74, 6) is 0.730. The molecule has 1 saturated heterocycles. The molecule has 2 aliphatic heterocycles. The minimum atomic E-state index is -3.24. The van der Waals surface area contributed by atoms with Gasteiger partial charge in [-0.25, -0.2) is 8.42 Å². The van der Waals surface area contributed by atoms with Crippen LogP contribution in [-0.2, 0) is 23.0 Å². The molecule has 2 aromatic carbocycles. The summed E-state index contributed by atoms with van der Waals surface area (Å²) in [7, 11) is -3.24. The molecule has 4 rings (SSSR count). The average Bonchev–Trinajstić information content (AvgIpc) is 2.61. The first kappa shape index (κ1) is 17.5. The van der Waals surface area contributed by atoms with Gasteiger partial charge in [-0.05, 0) is 29.7 Å². The van der Waals surface area contributed by atoms with Gasteiger partial charge in [0.25, 0.3) is 0 Å². The van der Waals surface area contributed by atoms with Crippen LogP contribution < -0.4 is 4.74 Å². The van der Waals surface area contributed by atoms with E-state index in [0.717, 1.165) is 19.5 Å². The number of nitrogens with zero attached hydrogens (tertiary/aromatic N) is 2. The topological polar surface area (TPSA) is 49.9 Å². The van der Waals surface area contributed by atoms with E-state index in [4.69, 9.17) is 4.74 Å². The van der Waals surface area contributed by atoms with E-state index in [0.29, 0.717) is 24.9 Å². The molecule has 0 atom stereocenters. The number of hydrogen-bond acceptors (Lipinski definition) is 4. The molecule has 0 aliphatic carbocycles. The van der Waals surface area contributed by atoms with Gasteiger partial charge in [0, 0.05) is 32.2 Å². The van der Waals surface area contributed by atoms with E-state index in [1.165, 1.54) is 11.1 Å². The summed E-state index contributed by atoms with van der Waals surface area (Å²) in [6.45, 7) is 3.30. The fourth-order valence-electron chi connectivity index (χ4n) is 3.61. The van der Waals surface area contributed by atoms with Crippen molar-refractivity contribution in [2.45, 2.75) is 19.0 Å². The zero-order valence-electron chi connectivity index (χ0n) is 14.8. The van der Waals surface area contributed by atoms with E-state index in [9.17, 15) is 8.42 Å². The van der Waals surface area contributed by atoms with E-state index in [2.05, 4.69) is 29.2 Å². The van der Waals surface area contributed by atoms with Crippen molar-refractivity contribution in [3.63, 3.8) is 0 Å². The molecule has 0 radical (unpaired) electrons. The van der Waals surface area contributed by atoms with E-state index >= 15 is 0 Å². The Labute approximate surface area is 155 Å². The van der Waals surface area contributed by atoms with Gasteiger partial charge in [0.2, 0.25) is 10.0 Å². The molecule has 0 aromatic heterocycles. The lowest BCUT2D eigenvalue weighted by Crippen LogP contribution is -2.62. The third-order valence-electron chi connectivity index (χ3n) is 5.25. The molecule has 2 aromatic rings. The molecule has 0 saturated carbocycles. The van der Waals surface area contributed by atoms with Crippen molar-refractivity contribution < 1.29 is 13.2 Å². The van der Waals surface area contributed by atoms with Crippen LogP contribution in [0, 0.1) is 0 Å². The molecule has 26 heavy (non-hydrogen) atoms. The maximum atomic E-state index is 12.5. The van der Waals surface area contributed by atoms with Crippen LogP contribution in [0.25, 0.3) is 0 Å². The second-order valence-corrected chi connectivity index (χ2v) is 9.03. The molecule has 138 valence electrons. The maximum absolute atomic E-state index is 12.5. The Morgan fingerprint density at radius 1 is 0.962 bits per heavy atom. The largest absolute Gasteiger partial charge is 0.492 e. The van der Waals surface area contributed by atoms with Crippen LogP contribution in [0.4, 0.5) is 0 Å². The highest BCUT2D eigenvalue weighted by atomic mass is 32.2. The Kier molecular flexibility index (Phi) is 4.98. The lowest BCUT2D eigenvalue weighted by Gasteiger charge is -2.46. The molecule has 0 unspecified atom stereocenters. The summed E-state index contributed by atoms with van der Waals surface area (Å²) in [5.41, 5.74) is 2.79. The van der Waals surface area contributed by atoms with Crippen LogP contribution in [0.1, 0.15) is 11.1 Å². The van der Waals surface area contributed by atoms with Gasteiger partial charge < -0.3 is 4.74 Å². The van der Waals surface area contributed by atoms with E-state index in [-0.39, 0.29) is 12.4 Å². The number of fused-ring (bicyclic) bond motifs is 1. The second-order valence-electron chi connectivity index (χ2n) is 6.94. The molecule has 6 heteroatoms. The van der Waals surface area contributed by atoms with Crippen LogP contribution in [0.5, 0.6) is 5.75 Å². The van der Waals surface area contributed by atoms with Crippen LogP contribution >= 0.6 is 0 Å². The highest BCUT2D eigenvalue weighted by Gasteiger charge is 2.39. The summed E-state index contributed by atoms with van der Waals surface area (Å²) in [4.78, 5) is 2.41. The summed E-state index contributed by atoms with van der Waals surface area (Å²) >= 11 is 0. The van der Waals surface area contributed by atoms with E-state index in [1.807, 2.05) is 30.3 Å². The van der Waals surface area contributed by atoms with E-state index < -0.39 is 10.0 Å². The lowest BCUT2D eigenvalue weighted by atomic mass is 9.97. The fraction of sp³-hybridized carbons (Fsp3) is 0.400. The SMILES string of the molecule is O=S(=O)(CCOc1ccccc1)N1CC(N2CCc3ccccc3C2)C1. The summed E-state index contributed by atoms with van der Waals surface area (Å²) < 4.78 is 32.0. The Bertz CT molecular complexity index is 848. The first-order chi connectivity index (χ1) is 12.6. The van der Waals surface area contributed by atoms with Crippen molar-refractivity contribution in [1.29, 1.82) is 0 Å². The summed E-state index contributed by atoms with van der Waals surface area (Å²) in [5, 5.41) is 0. The molecule has 2 aliphatic rings. The van der Waals surface area contributed by atoms with Crippen molar-refractivity contribution in [3.05, 3.63) is 65.7 Å². The highest BCUT2D eigenvalue weighted by Crippen LogP contribution is 2.25. The van der Waals surface area contributed by atoms with Gasteiger partial charge in [-0.2, -0.15) is 4.31 Å². The van der Waals surface area contributed by atoms with Gasteiger partial charge in [-0.15, -0.1) is 0 Å². The smallest absolute Gasteiger partial charge is 0.217 e. The minimum Gasteiger partial charge on any atom is -0.492 e.